The number of Topliss-reactive ketones (excluding diaryl/α,β-unsaturated/α-hetero) is 1. The first-order valence-electron chi connectivity index (χ1n) is 40.4. The Kier molecular flexibility index (Phi) is 41.0. The number of nitrogens with zero attached hydrogens (tertiary/aromatic N) is 4. The Morgan fingerprint density at radius 2 is 1.01 bits per heavy atom. The molecule has 5 rings (SSSR count). The van der Waals surface area contributed by atoms with Crippen molar-refractivity contribution in [1.29, 1.82) is 0 Å². The molecule has 0 unspecified atom stereocenters. The number of phenolic OH excluding ortho intramolecular Hbond substituents is 2. The molecular weight excluding hydrogens is 1680 g/mol. The molecule has 42 heteroatoms. The van der Waals surface area contributed by atoms with Gasteiger partial charge in [0.2, 0.25) is 76.8 Å². The predicted octanol–water partition coefficient (Wildman–Crippen LogP) is -3.41. The number of halogens is 1. The molecule has 2 aromatic rings. The summed E-state index contributed by atoms with van der Waals surface area (Å²) in [6.45, 7) is 10.4. The SMILES string of the molecule is CC[C@H](C)[C@H](NC(=O)[C@H](Cc1ccc(O)c([125I])c1)NC(=O)[C@@H]1CCCN1C(=O)[C@H](CCCN=C(N)N)NC(=O)[C@H](CCCN=C(N)N)NC(=O)[C@@H]1CCCN1C(=O)[C@H](CCCCN)NC(=O)[C@H](CC(N)=O)NC(=O)[C@H](CCC(=O)O)NC(=O)[C@H](Cc1ccc(O)cc1)NC(=O)[C@H](CC(C)C)NC(=O)[C@@H]1CCC(=O)N1)C(=O)C[C@@H](NC(C)C)C(=O)O. The third-order valence-corrected chi connectivity index (χ3v) is 21.4. The molecular formula is C78H120IN21O20. The molecule has 664 valence electrons. The second-order valence-corrected chi connectivity index (χ2v) is 32.2. The first-order chi connectivity index (χ1) is 56.7. The van der Waals surface area contributed by atoms with Crippen LogP contribution in [0.5, 0.6) is 11.5 Å². The number of carbonyl (C=O) groups excluding carboxylic acids is 14. The molecule has 41 nitrogen and oxygen atoms in total. The van der Waals surface area contributed by atoms with Gasteiger partial charge < -0.3 is 123 Å². The number of hydrogen-bond donors (Lipinski definition) is 21. The molecule has 0 radical (unpaired) electrons. The van der Waals surface area contributed by atoms with Crippen molar-refractivity contribution in [2.45, 2.75) is 261 Å². The maximum atomic E-state index is 15.2. The van der Waals surface area contributed by atoms with Crippen LogP contribution in [0.25, 0.3) is 0 Å². The van der Waals surface area contributed by atoms with Crippen LogP contribution in [-0.4, -0.2) is 254 Å². The average molecular weight is 1800 g/mol. The lowest BCUT2D eigenvalue weighted by Gasteiger charge is -2.32. The number of benzene rings is 2. The maximum Gasteiger partial charge on any atom is 0.321 e. The topological polar surface area (TPSA) is 674 Å². The van der Waals surface area contributed by atoms with Gasteiger partial charge in [0.1, 0.15) is 84.0 Å². The zero-order valence-corrected chi connectivity index (χ0v) is 70.8. The number of aliphatic carboxylic acids is 2. The molecule has 13 amide bonds. The second-order valence-electron chi connectivity index (χ2n) is 31.1. The van der Waals surface area contributed by atoms with Gasteiger partial charge in [0.05, 0.1) is 16.0 Å². The van der Waals surface area contributed by atoms with E-state index in [-0.39, 0.29) is 170 Å². The van der Waals surface area contributed by atoms with Gasteiger partial charge in [-0.05, 0) is 166 Å². The number of phenols is 2. The number of nitrogens with two attached hydrogens (primary N) is 6. The summed E-state index contributed by atoms with van der Waals surface area (Å²) < 4.78 is 0.411. The highest BCUT2D eigenvalue weighted by Gasteiger charge is 2.44. The van der Waals surface area contributed by atoms with Crippen LogP contribution >= 0.6 is 22.6 Å². The van der Waals surface area contributed by atoms with Gasteiger partial charge in [-0.3, -0.25) is 86.7 Å². The Bertz CT molecular complexity index is 3990. The normalized spacial score (nSPS) is 17.8. The Morgan fingerprint density at radius 1 is 0.542 bits per heavy atom. The molecule has 14 atom stereocenters. The van der Waals surface area contributed by atoms with E-state index in [9.17, 15) is 87.5 Å². The van der Waals surface area contributed by atoms with Crippen LogP contribution in [0.2, 0.25) is 0 Å². The van der Waals surface area contributed by atoms with Gasteiger partial charge in [-0.2, -0.15) is 0 Å². The number of likely N-dealkylation sites (tertiary alicyclic amines) is 2. The van der Waals surface area contributed by atoms with Crippen molar-refractivity contribution in [3.8, 4) is 11.5 Å². The van der Waals surface area contributed by atoms with Gasteiger partial charge in [-0.25, -0.2) is 0 Å². The zero-order chi connectivity index (χ0) is 89.2. The lowest BCUT2D eigenvalue weighted by Crippen LogP contribution is -2.61. The fourth-order valence-corrected chi connectivity index (χ4v) is 14.7. The summed E-state index contributed by atoms with van der Waals surface area (Å²) >= 11 is 1.89. The minimum Gasteiger partial charge on any atom is -0.508 e. The first kappa shape index (κ1) is 99.5. The molecule has 0 saturated carbocycles. The van der Waals surface area contributed by atoms with Crippen molar-refractivity contribution in [1.82, 2.24) is 68.3 Å². The van der Waals surface area contributed by atoms with Crippen LogP contribution in [0, 0.1) is 15.4 Å². The maximum absolute atomic E-state index is 15.2. The predicted molar refractivity (Wildman–Crippen MR) is 446 cm³/mol. The Morgan fingerprint density at radius 3 is 1.51 bits per heavy atom. The lowest BCUT2D eigenvalue weighted by molar-refractivity contribution is -0.144. The minimum atomic E-state index is -1.93. The van der Waals surface area contributed by atoms with Gasteiger partial charge >= 0.3 is 11.9 Å². The van der Waals surface area contributed by atoms with E-state index in [0.717, 1.165) is 0 Å². The number of amides is 13. The van der Waals surface area contributed by atoms with E-state index < -0.39 is 199 Å². The number of carbonyl (C=O) groups is 16. The molecule has 0 aromatic heterocycles. The first-order valence-corrected chi connectivity index (χ1v) is 41.5. The largest absolute Gasteiger partial charge is 0.508 e. The van der Waals surface area contributed by atoms with Crippen molar-refractivity contribution in [3.63, 3.8) is 0 Å². The molecule has 3 saturated heterocycles. The Balaban J connectivity index is 1.42. The number of guanidine groups is 2. The Labute approximate surface area is 709 Å². The number of unbranched alkanes of at least 4 members (excludes halogenated alkanes) is 1. The number of carboxylic acid groups (broad SMARTS) is 2. The summed E-state index contributed by atoms with van der Waals surface area (Å²) in [6, 6.07) is -8.89. The monoisotopic (exact) mass is 1800 g/mol. The summed E-state index contributed by atoms with van der Waals surface area (Å²) in [7, 11) is 0. The highest BCUT2D eigenvalue weighted by atomic mass is 125. The average Bonchev–Trinajstić information content (AvgIpc) is 1.62. The van der Waals surface area contributed by atoms with Gasteiger partial charge in [0, 0.05) is 64.3 Å². The quantitative estimate of drug-likeness (QED) is 0.0133. The lowest BCUT2D eigenvalue weighted by atomic mass is 9.91. The summed E-state index contributed by atoms with van der Waals surface area (Å²) in [4.78, 5) is 234. The van der Waals surface area contributed by atoms with E-state index in [0.29, 0.717) is 27.5 Å². The molecule has 3 heterocycles. The number of ketones is 1. The van der Waals surface area contributed by atoms with Gasteiger partial charge in [-0.15, -0.1) is 0 Å². The highest BCUT2D eigenvalue weighted by molar-refractivity contribution is 14.1. The summed E-state index contributed by atoms with van der Waals surface area (Å²) in [6.07, 6.45) is -2.01. The molecule has 27 N–H and O–H groups in total. The molecule has 0 aliphatic carbocycles. The van der Waals surface area contributed by atoms with Crippen LogP contribution in [0.1, 0.15) is 175 Å². The molecule has 120 heavy (non-hydrogen) atoms. The summed E-state index contributed by atoms with van der Waals surface area (Å²) in [5.74, 6) is -16.3. The third kappa shape index (κ3) is 32.9. The molecule has 2 aromatic carbocycles. The minimum absolute atomic E-state index is 0.00404. The fourth-order valence-electron chi connectivity index (χ4n) is 14.1. The van der Waals surface area contributed by atoms with Crippen molar-refractivity contribution in [2.75, 3.05) is 32.7 Å². The van der Waals surface area contributed by atoms with Crippen LogP contribution < -0.4 is 92.9 Å². The number of hydrogen-bond acceptors (Lipinski definition) is 22. The summed E-state index contributed by atoms with van der Waals surface area (Å²) in [5, 5.41) is 69.4. The molecule has 3 aliphatic rings. The number of aliphatic imine (C=N–C) groups is 2. The van der Waals surface area contributed by atoms with Crippen molar-refractivity contribution < 1.29 is 97.1 Å². The number of aromatic hydroxyl groups is 2. The fraction of sp³-hybridized carbons (Fsp3) is 0.615. The van der Waals surface area contributed by atoms with Crippen LogP contribution in [0.4, 0.5) is 0 Å². The zero-order valence-electron chi connectivity index (χ0n) is 68.6. The van der Waals surface area contributed by atoms with E-state index in [1.165, 1.54) is 46.2 Å². The number of nitrogens with one attached hydrogen (secondary N) is 11. The van der Waals surface area contributed by atoms with E-state index in [2.05, 4.69) is 68.5 Å². The van der Waals surface area contributed by atoms with Crippen molar-refractivity contribution in [3.05, 3.63) is 57.2 Å². The Hall–Kier alpha value is -11.0. The second kappa shape index (κ2) is 49.5. The van der Waals surface area contributed by atoms with Gasteiger partial charge in [0.25, 0.3) is 0 Å². The standard InChI is InChI=1S/C78H120IN21O20/c1-7-42(6)64(60(103)38-56(76(119)120)88-41(4)5)98-71(114)54(37-44-21-26-59(102)46(79)35-44)97-73(116)58-18-13-33-100(58)75(118)51(16-11-31-87-78(84)85)92-65(108)47(15-10-30-86-77(82)83)91-72(115)57-17-12-32-99(57)74(117)50(14-8-9-29-80)93-70(113)55(39-61(81)104)96-67(110)49(25-28-63(106)107)90-69(112)53(36-43-19-22-45(101)23-20-43)95-68(111)52(34-40(2)3)94-66(109)48-24-27-62(105)89-48/h19-23,26,35,40-42,47-58,64,88,101-102H,7-18,24-25,27-34,36-39,80H2,1-6H3,(H2,81,104)(H,89,105)(H,90,112)(H,91,115)(H,92,108)(H,93,113)(H,94,109)(H,95,111)(H,96,110)(H,97,116)(H,98,114)(H,106,107)(H,119,120)(H4,82,83,86)(H4,84,85,87)/t42-,47-,48-,49-,50-,51-,52-,53-,54-,55-,56+,57-,58-,64-/m0/s1/i79-2. The van der Waals surface area contributed by atoms with E-state index >= 15 is 9.59 Å². The van der Waals surface area contributed by atoms with Crippen molar-refractivity contribution >= 4 is 129 Å². The van der Waals surface area contributed by atoms with Crippen LogP contribution in [-0.2, 0) is 89.6 Å². The number of primary amides is 1. The number of carboxylic acids is 2. The number of rotatable bonds is 51. The van der Waals surface area contributed by atoms with Crippen LogP contribution in [0.3, 0.4) is 0 Å². The smallest absolute Gasteiger partial charge is 0.321 e. The molecule has 3 aliphatic heterocycles. The van der Waals surface area contributed by atoms with E-state index in [1.54, 1.807) is 47.6 Å². The van der Waals surface area contributed by atoms with Gasteiger partial charge in [0.15, 0.2) is 17.7 Å². The van der Waals surface area contributed by atoms with E-state index in [1.807, 2.05) is 22.6 Å². The summed E-state index contributed by atoms with van der Waals surface area (Å²) in [5.41, 5.74) is 35.0. The molecule has 3 fully saturated rings. The highest BCUT2D eigenvalue weighted by Crippen LogP contribution is 2.26. The van der Waals surface area contributed by atoms with Gasteiger partial charge in [-0.1, -0.05) is 66.2 Å². The van der Waals surface area contributed by atoms with E-state index in [4.69, 9.17) is 34.4 Å². The van der Waals surface area contributed by atoms with Crippen LogP contribution in [0.15, 0.2) is 52.4 Å². The molecule has 0 bridgehead atoms. The van der Waals surface area contributed by atoms with Crippen molar-refractivity contribution in [2.24, 2.45) is 56.2 Å². The third-order valence-electron chi connectivity index (χ3n) is 20.5. The molecule has 0 spiro atoms.